The first-order valence-electron chi connectivity index (χ1n) is 7.21. The highest BCUT2D eigenvalue weighted by molar-refractivity contribution is 5.94. The summed E-state index contributed by atoms with van der Waals surface area (Å²) in [4.78, 5) is 24.9. The first-order chi connectivity index (χ1) is 10.5. The average Bonchev–Trinajstić information content (AvgIpc) is 2.51. The summed E-state index contributed by atoms with van der Waals surface area (Å²) in [7, 11) is 1.47. The van der Waals surface area contributed by atoms with Crippen LogP contribution in [0.4, 0.5) is 4.79 Å². The maximum atomic E-state index is 11.6. The maximum absolute atomic E-state index is 11.6. The molecule has 3 amide bonds. The molecule has 22 heavy (non-hydrogen) atoms. The van der Waals surface area contributed by atoms with E-state index in [1.165, 1.54) is 7.05 Å². The number of carbonyl (C=O) groups is 2. The molecule has 0 aromatic heterocycles. The number of rotatable bonds is 6. The number of hydrogen-bond acceptors (Lipinski definition) is 4. The number of nitrogens with zero attached hydrogens (tertiary/aromatic N) is 2. The molecule has 0 saturated heterocycles. The van der Waals surface area contributed by atoms with Crippen LogP contribution < -0.4 is 10.6 Å². The van der Waals surface area contributed by atoms with Gasteiger partial charge in [0.05, 0.1) is 11.6 Å². The van der Waals surface area contributed by atoms with Gasteiger partial charge in [0.15, 0.2) is 0 Å². The topological polar surface area (TPSA) is 85.2 Å². The molecule has 0 aliphatic heterocycles. The molecule has 0 atom stereocenters. The lowest BCUT2D eigenvalue weighted by Crippen LogP contribution is -2.40. The standard InChI is InChI=1S/C16H22N4O2/c1-12(2)20(9-8-15(21)19-16(22)18-3)11-14-6-4-13(10-17)5-7-14/h4-7,12H,8-9,11H2,1-3H3,(H2,18,19,21,22). The summed E-state index contributed by atoms with van der Waals surface area (Å²) in [6, 6.07) is 9.26. The van der Waals surface area contributed by atoms with Crippen molar-refractivity contribution in [1.29, 1.82) is 5.26 Å². The van der Waals surface area contributed by atoms with E-state index in [9.17, 15) is 9.59 Å². The van der Waals surface area contributed by atoms with Gasteiger partial charge in [-0.05, 0) is 31.5 Å². The summed E-state index contributed by atoms with van der Waals surface area (Å²) < 4.78 is 0. The van der Waals surface area contributed by atoms with Crippen LogP contribution in [0.15, 0.2) is 24.3 Å². The largest absolute Gasteiger partial charge is 0.341 e. The minimum Gasteiger partial charge on any atom is -0.341 e. The van der Waals surface area contributed by atoms with Gasteiger partial charge in [-0.3, -0.25) is 15.0 Å². The van der Waals surface area contributed by atoms with Crippen molar-refractivity contribution in [3.8, 4) is 6.07 Å². The predicted octanol–water partition coefficient (Wildman–Crippen LogP) is 1.61. The highest BCUT2D eigenvalue weighted by atomic mass is 16.2. The van der Waals surface area contributed by atoms with Crippen LogP contribution in [0.5, 0.6) is 0 Å². The zero-order valence-electron chi connectivity index (χ0n) is 13.2. The Morgan fingerprint density at radius 3 is 2.41 bits per heavy atom. The first kappa shape index (κ1) is 17.7. The van der Waals surface area contributed by atoms with E-state index in [1.807, 2.05) is 12.1 Å². The lowest BCUT2D eigenvalue weighted by atomic mass is 10.1. The van der Waals surface area contributed by atoms with Gasteiger partial charge in [0.2, 0.25) is 5.91 Å². The Morgan fingerprint density at radius 2 is 1.91 bits per heavy atom. The molecule has 6 nitrogen and oxygen atoms in total. The van der Waals surface area contributed by atoms with Gasteiger partial charge < -0.3 is 5.32 Å². The Balaban J connectivity index is 2.56. The van der Waals surface area contributed by atoms with Gasteiger partial charge in [0.25, 0.3) is 0 Å². The second-order valence-corrected chi connectivity index (χ2v) is 5.25. The van der Waals surface area contributed by atoms with E-state index in [0.29, 0.717) is 18.7 Å². The maximum Gasteiger partial charge on any atom is 0.321 e. The Hall–Kier alpha value is -2.39. The van der Waals surface area contributed by atoms with Crippen molar-refractivity contribution in [2.45, 2.75) is 32.9 Å². The van der Waals surface area contributed by atoms with Gasteiger partial charge in [-0.25, -0.2) is 4.79 Å². The third-order valence-corrected chi connectivity index (χ3v) is 3.31. The molecule has 0 bridgehead atoms. The molecular formula is C16H22N4O2. The smallest absolute Gasteiger partial charge is 0.321 e. The molecule has 1 rings (SSSR count). The number of hydrogen-bond donors (Lipinski definition) is 2. The zero-order chi connectivity index (χ0) is 16.5. The number of urea groups is 1. The molecule has 0 saturated carbocycles. The van der Waals surface area contributed by atoms with E-state index in [4.69, 9.17) is 5.26 Å². The lowest BCUT2D eigenvalue weighted by molar-refractivity contribution is -0.120. The van der Waals surface area contributed by atoms with Crippen LogP contribution >= 0.6 is 0 Å². The van der Waals surface area contributed by atoms with Gasteiger partial charge in [0, 0.05) is 32.6 Å². The lowest BCUT2D eigenvalue weighted by Gasteiger charge is -2.26. The quantitative estimate of drug-likeness (QED) is 0.836. The van der Waals surface area contributed by atoms with Crippen molar-refractivity contribution >= 4 is 11.9 Å². The normalized spacial score (nSPS) is 10.4. The number of carbonyl (C=O) groups excluding carboxylic acids is 2. The van der Waals surface area contributed by atoms with Crippen molar-refractivity contribution in [3.63, 3.8) is 0 Å². The van der Waals surface area contributed by atoms with E-state index < -0.39 is 6.03 Å². The van der Waals surface area contributed by atoms with E-state index in [0.717, 1.165) is 5.56 Å². The van der Waals surface area contributed by atoms with Crippen molar-refractivity contribution in [3.05, 3.63) is 35.4 Å². The second kappa shape index (κ2) is 8.80. The Labute approximate surface area is 131 Å². The van der Waals surface area contributed by atoms with Gasteiger partial charge in [-0.1, -0.05) is 12.1 Å². The molecule has 2 N–H and O–H groups in total. The SMILES string of the molecule is CNC(=O)NC(=O)CCN(Cc1ccc(C#N)cc1)C(C)C. The molecule has 118 valence electrons. The van der Waals surface area contributed by atoms with Crippen molar-refractivity contribution in [1.82, 2.24) is 15.5 Å². The molecular weight excluding hydrogens is 280 g/mol. The van der Waals surface area contributed by atoms with Crippen LogP contribution in [0.1, 0.15) is 31.4 Å². The van der Waals surface area contributed by atoms with E-state index in [1.54, 1.807) is 12.1 Å². The van der Waals surface area contributed by atoms with Gasteiger partial charge in [-0.15, -0.1) is 0 Å². The minimum absolute atomic E-state index is 0.252. The number of amides is 3. The van der Waals surface area contributed by atoms with Crippen molar-refractivity contribution in [2.75, 3.05) is 13.6 Å². The number of nitrogens with one attached hydrogen (secondary N) is 2. The molecule has 1 aromatic rings. The van der Waals surface area contributed by atoms with Crippen LogP contribution in [0.2, 0.25) is 0 Å². The minimum atomic E-state index is -0.492. The third-order valence-electron chi connectivity index (χ3n) is 3.31. The fourth-order valence-electron chi connectivity index (χ4n) is 1.94. The molecule has 0 aliphatic rings. The number of benzene rings is 1. The summed E-state index contributed by atoms with van der Waals surface area (Å²) in [6.45, 7) is 5.36. The molecule has 0 spiro atoms. The van der Waals surface area contributed by atoms with E-state index in [2.05, 4.69) is 35.5 Å². The summed E-state index contributed by atoms with van der Waals surface area (Å²) >= 11 is 0. The Morgan fingerprint density at radius 1 is 1.27 bits per heavy atom. The molecule has 0 heterocycles. The van der Waals surface area contributed by atoms with Crippen LogP contribution in [0.3, 0.4) is 0 Å². The summed E-state index contributed by atoms with van der Waals surface area (Å²) in [5.74, 6) is -0.301. The zero-order valence-corrected chi connectivity index (χ0v) is 13.2. The molecule has 1 aromatic carbocycles. The highest BCUT2D eigenvalue weighted by Gasteiger charge is 2.13. The molecule has 0 radical (unpaired) electrons. The molecule has 6 heteroatoms. The van der Waals surface area contributed by atoms with E-state index in [-0.39, 0.29) is 18.4 Å². The van der Waals surface area contributed by atoms with Gasteiger partial charge in [0.1, 0.15) is 0 Å². The molecule has 0 aliphatic carbocycles. The molecule has 0 unspecified atom stereocenters. The summed E-state index contributed by atoms with van der Waals surface area (Å²) in [5, 5.41) is 13.4. The monoisotopic (exact) mass is 302 g/mol. The van der Waals surface area contributed by atoms with Crippen LogP contribution in [-0.4, -0.2) is 36.5 Å². The average molecular weight is 302 g/mol. The van der Waals surface area contributed by atoms with Crippen LogP contribution in [0, 0.1) is 11.3 Å². The van der Waals surface area contributed by atoms with Gasteiger partial charge >= 0.3 is 6.03 Å². The fourth-order valence-corrected chi connectivity index (χ4v) is 1.94. The second-order valence-electron chi connectivity index (χ2n) is 5.25. The highest BCUT2D eigenvalue weighted by Crippen LogP contribution is 2.10. The van der Waals surface area contributed by atoms with E-state index >= 15 is 0 Å². The van der Waals surface area contributed by atoms with Crippen LogP contribution in [-0.2, 0) is 11.3 Å². The Kier molecular flexibility index (Phi) is 7.06. The van der Waals surface area contributed by atoms with Crippen molar-refractivity contribution in [2.24, 2.45) is 0 Å². The molecule has 0 fully saturated rings. The first-order valence-corrected chi connectivity index (χ1v) is 7.21. The Bertz CT molecular complexity index is 546. The van der Waals surface area contributed by atoms with Crippen molar-refractivity contribution < 1.29 is 9.59 Å². The number of nitriles is 1. The fraction of sp³-hybridized carbons (Fsp3) is 0.438. The number of imide groups is 1. The van der Waals surface area contributed by atoms with Gasteiger partial charge in [-0.2, -0.15) is 5.26 Å². The van der Waals surface area contributed by atoms with Crippen LogP contribution in [0.25, 0.3) is 0 Å². The summed E-state index contributed by atoms with van der Waals surface area (Å²) in [6.07, 6.45) is 0.252. The predicted molar refractivity (Wildman–Crippen MR) is 83.9 cm³/mol. The summed E-state index contributed by atoms with van der Waals surface area (Å²) in [5.41, 5.74) is 1.71. The third kappa shape index (κ3) is 5.94.